The number of aromatic nitrogens is 1. The fraction of sp³-hybridized carbons (Fsp3) is 0.275. The van der Waals surface area contributed by atoms with Crippen molar-refractivity contribution in [2.75, 3.05) is 26.8 Å². The molecule has 0 aliphatic heterocycles. The van der Waals surface area contributed by atoms with Crippen LogP contribution in [-0.4, -0.2) is 72.9 Å². The third-order valence-electron chi connectivity index (χ3n) is 10.9. The van der Waals surface area contributed by atoms with Crippen LogP contribution in [0.1, 0.15) is 61.1 Å². The monoisotopic (exact) mass is 897 g/mol. The first-order valence-electron chi connectivity index (χ1n) is 21.7. The van der Waals surface area contributed by atoms with E-state index in [-0.39, 0.29) is 13.1 Å². The number of nitrogens with zero attached hydrogens (tertiary/aromatic N) is 2. The Hall–Kier alpha value is -6.64. The minimum Gasteiger partial charge on any atom is -0.353 e. The number of nitrogens with one attached hydrogen (secondary N) is 5. The van der Waals surface area contributed by atoms with E-state index in [4.69, 9.17) is 21.1 Å². The molecule has 13 nitrogen and oxygen atoms in total. The standard InChI is InChI=1S/C51H56ClN7O6/c1-5-64-49(65-6-2)35(3)46(42-26-16-18-37-19-17-31-53-47(37)42)56-48(62)43(55-45(61)34-59(4)58-50(63)54-33-36-27-29-41(52)30-28-36)32-44(60)57-51(38-20-10-7-11-21-38,39-22-12-8-13-23-39)40-24-14-9-15-25-40/h7-31,35,43,46,49H,5-6,32-34H2,1-4H3,(H,55,61)(H,56,62)(H,57,60)(H2,54,58,63)/t35-,43?,46-/m0/s1. The van der Waals surface area contributed by atoms with Crippen LogP contribution < -0.4 is 26.7 Å². The molecule has 3 atom stereocenters. The summed E-state index contributed by atoms with van der Waals surface area (Å²) < 4.78 is 12.1. The minimum atomic E-state index is -1.40. The summed E-state index contributed by atoms with van der Waals surface area (Å²) in [5.41, 5.74) is 5.98. The highest BCUT2D eigenvalue weighted by Crippen LogP contribution is 2.37. The molecule has 1 aromatic heterocycles. The Labute approximate surface area is 385 Å². The molecule has 0 saturated heterocycles. The van der Waals surface area contributed by atoms with Gasteiger partial charge in [-0.3, -0.25) is 24.8 Å². The van der Waals surface area contributed by atoms with Crippen molar-refractivity contribution >= 4 is 46.3 Å². The van der Waals surface area contributed by atoms with Crippen molar-refractivity contribution in [1.82, 2.24) is 36.7 Å². The number of ether oxygens (including phenoxy) is 2. The zero-order valence-electron chi connectivity index (χ0n) is 37.0. The average Bonchev–Trinajstić information content (AvgIpc) is 3.32. The number of likely N-dealkylation sites (N-methyl/N-ethyl adjacent to an activating group) is 1. The molecule has 0 fully saturated rings. The first-order valence-corrected chi connectivity index (χ1v) is 22.0. The lowest BCUT2D eigenvalue weighted by atomic mass is 9.77. The normalized spacial score (nSPS) is 12.8. The molecule has 6 rings (SSSR count). The van der Waals surface area contributed by atoms with Crippen LogP contribution in [0, 0.1) is 5.92 Å². The Balaban J connectivity index is 1.32. The largest absolute Gasteiger partial charge is 0.353 e. The van der Waals surface area contributed by atoms with Gasteiger partial charge in [0.15, 0.2) is 6.29 Å². The Bertz CT molecular complexity index is 2370. The molecule has 5 N–H and O–H groups in total. The second-order valence-electron chi connectivity index (χ2n) is 15.5. The smallest absolute Gasteiger partial charge is 0.329 e. The quantitative estimate of drug-likeness (QED) is 0.0284. The van der Waals surface area contributed by atoms with Gasteiger partial charge in [-0.2, -0.15) is 0 Å². The molecule has 0 spiro atoms. The van der Waals surface area contributed by atoms with Crippen molar-refractivity contribution in [2.24, 2.45) is 5.92 Å². The number of hydrazine groups is 1. The van der Waals surface area contributed by atoms with E-state index in [1.165, 1.54) is 12.1 Å². The lowest BCUT2D eigenvalue weighted by Gasteiger charge is -2.37. The molecule has 1 heterocycles. The number of amides is 5. The van der Waals surface area contributed by atoms with E-state index >= 15 is 0 Å². The maximum atomic E-state index is 14.9. The summed E-state index contributed by atoms with van der Waals surface area (Å²) in [6.07, 6.45) is 0.505. The van der Waals surface area contributed by atoms with Crippen LogP contribution >= 0.6 is 11.6 Å². The van der Waals surface area contributed by atoms with Crippen LogP contribution in [0.4, 0.5) is 4.79 Å². The van der Waals surface area contributed by atoms with Gasteiger partial charge < -0.3 is 30.7 Å². The Kier molecular flexibility index (Phi) is 17.2. The maximum absolute atomic E-state index is 14.9. The SMILES string of the molecule is CCOC(OCC)[C@@H](C)[C@H](NC(=O)C(CC(=O)NC(c1ccccc1)(c1ccccc1)c1ccccc1)NC(=O)CN(C)NC(=O)NCc1ccc(Cl)cc1)c1cccc2cccnc12. The number of carbonyl (C=O) groups excluding carboxylic acids is 4. The molecule has 14 heteroatoms. The van der Waals surface area contributed by atoms with Crippen molar-refractivity contribution in [3.8, 4) is 0 Å². The number of halogens is 1. The Morgan fingerprint density at radius 3 is 1.85 bits per heavy atom. The van der Waals surface area contributed by atoms with E-state index in [1.54, 1.807) is 30.5 Å². The summed E-state index contributed by atoms with van der Waals surface area (Å²) in [7, 11) is 1.52. The van der Waals surface area contributed by atoms with Gasteiger partial charge in [0.25, 0.3) is 0 Å². The number of hydrogen-bond donors (Lipinski definition) is 5. The number of para-hydroxylation sites is 1. The first-order chi connectivity index (χ1) is 31.5. The fourth-order valence-electron chi connectivity index (χ4n) is 7.89. The number of fused-ring (bicyclic) bond motifs is 1. The average molecular weight is 899 g/mol. The van der Waals surface area contributed by atoms with E-state index in [1.807, 2.05) is 142 Å². The summed E-state index contributed by atoms with van der Waals surface area (Å²) in [6.45, 7) is 6.22. The van der Waals surface area contributed by atoms with Crippen molar-refractivity contribution in [3.05, 3.63) is 185 Å². The zero-order valence-corrected chi connectivity index (χ0v) is 37.8. The van der Waals surface area contributed by atoms with Gasteiger partial charge in [-0.05, 0) is 54.3 Å². The van der Waals surface area contributed by atoms with Crippen LogP contribution in [0.15, 0.2) is 152 Å². The van der Waals surface area contributed by atoms with Gasteiger partial charge in [0.1, 0.15) is 11.6 Å². The molecule has 1 unspecified atom stereocenters. The van der Waals surface area contributed by atoms with Crippen LogP contribution in [0.2, 0.25) is 5.02 Å². The molecule has 0 aliphatic carbocycles. The van der Waals surface area contributed by atoms with Crippen LogP contribution in [0.5, 0.6) is 0 Å². The first kappa shape index (κ1) is 47.8. The third-order valence-corrected chi connectivity index (χ3v) is 11.2. The van der Waals surface area contributed by atoms with Crippen molar-refractivity contribution in [3.63, 3.8) is 0 Å². The molecule has 0 saturated carbocycles. The summed E-state index contributed by atoms with van der Waals surface area (Å²) in [5.74, 6) is -2.25. The molecule has 0 aliphatic rings. The van der Waals surface area contributed by atoms with E-state index in [0.717, 1.165) is 27.6 Å². The topological polar surface area (TPSA) is 163 Å². The molecule has 5 amide bonds. The van der Waals surface area contributed by atoms with Crippen LogP contribution in [0.3, 0.4) is 0 Å². The molecule has 0 radical (unpaired) electrons. The second kappa shape index (κ2) is 23.3. The van der Waals surface area contributed by atoms with Gasteiger partial charge in [-0.15, -0.1) is 0 Å². The summed E-state index contributed by atoms with van der Waals surface area (Å²) in [4.78, 5) is 61.2. The molecular weight excluding hydrogens is 842 g/mol. The van der Waals surface area contributed by atoms with E-state index < -0.39 is 60.0 Å². The zero-order chi connectivity index (χ0) is 46.2. The molecule has 65 heavy (non-hydrogen) atoms. The lowest BCUT2D eigenvalue weighted by Crippen LogP contribution is -2.56. The van der Waals surface area contributed by atoms with Crippen molar-refractivity contribution < 1.29 is 28.7 Å². The molecule has 5 aromatic carbocycles. The van der Waals surface area contributed by atoms with E-state index in [9.17, 15) is 19.2 Å². The van der Waals surface area contributed by atoms with Gasteiger partial charge >= 0.3 is 6.03 Å². The van der Waals surface area contributed by atoms with Crippen molar-refractivity contribution in [1.29, 1.82) is 0 Å². The maximum Gasteiger partial charge on any atom is 0.329 e. The second-order valence-corrected chi connectivity index (χ2v) is 16.0. The fourth-order valence-corrected chi connectivity index (χ4v) is 8.02. The highest BCUT2D eigenvalue weighted by Gasteiger charge is 2.40. The number of urea groups is 1. The molecule has 0 bridgehead atoms. The number of carbonyl (C=O) groups is 4. The van der Waals surface area contributed by atoms with Crippen LogP contribution in [-0.2, 0) is 35.9 Å². The predicted octanol–water partition coefficient (Wildman–Crippen LogP) is 7.41. The van der Waals surface area contributed by atoms with Gasteiger partial charge in [0, 0.05) is 54.9 Å². The Morgan fingerprint density at radius 1 is 0.708 bits per heavy atom. The molecular formula is C51H56ClN7O6. The van der Waals surface area contributed by atoms with Gasteiger partial charge in [0.2, 0.25) is 17.7 Å². The third kappa shape index (κ3) is 12.5. The highest BCUT2D eigenvalue weighted by molar-refractivity contribution is 6.30. The number of rotatable bonds is 21. The van der Waals surface area contributed by atoms with Gasteiger partial charge in [-0.25, -0.2) is 9.80 Å². The van der Waals surface area contributed by atoms with Crippen molar-refractivity contribution in [2.45, 2.75) is 57.6 Å². The lowest BCUT2D eigenvalue weighted by molar-refractivity contribution is -0.170. The van der Waals surface area contributed by atoms with E-state index in [0.29, 0.717) is 29.3 Å². The minimum absolute atomic E-state index is 0.218. The predicted molar refractivity (Wildman–Crippen MR) is 252 cm³/mol. The van der Waals surface area contributed by atoms with Gasteiger partial charge in [0.05, 0.1) is 24.5 Å². The summed E-state index contributed by atoms with van der Waals surface area (Å²) >= 11 is 6.00. The highest BCUT2D eigenvalue weighted by atomic mass is 35.5. The number of hydrogen-bond acceptors (Lipinski definition) is 8. The summed E-state index contributed by atoms with van der Waals surface area (Å²) in [6, 6.07) is 42.6. The number of pyridine rings is 1. The number of benzene rings is 5. The molecule has 338 valence electrons. The Morgan fingerprint density at radius 2 is 1.28 bits per heavy atom. The molecule has 6 aromatic rings. The summed E-state index contributed by atoms with van der Waals surface area (Å²) in [5, 5.41) is 14.8. The van der Waals surface area contributed by atoms with E-state index in [2.05, 4.69) is 31.7 Å². The van der Waals surface area contributed by atoms with Crippen LogP contribution in [0.25, 0.3) is 10.9 Å². The van der Waals surface area contributed by atoms with Gasteiger partial charge in [-0.1, -0.05) is 146 Å².